The van der Waals surface area contributed by atoms with Gasteiger partial charge in [-0.3, -0.25) is 14.4 Å². The van der Waals surface area contributed by atoms with Gasteiger partial charge in [0.25, 0.3) is 5.91 Å². The van der Waals surface area contributed by atoms with E-state index in [9.17, 15) is 14.4 Å². The molecule has 2 atom stereocenters. The molecule has 2 fully saturated rings. The van der Waals surface area contributed by atoms with Crippen molar-refractivity contribution in [3.8, 4) is 0 Å². The van der Waals surface area contributed by atoms with Crippen LogP contribution in [0.2, 0.25) is 0 Å². The number of anilines is 1. The molecular formula is C23H32N2O4S. The van der Waals surface area contributed by atoms with Gasteiger partial charge in [0.2, 0.25) is 5.91 Å². The Bertz CT molecular complexity index is 802. The second-order valence-electron chi connectivity index (χ2n) is 8.90. The molecule has 2 saturated carbocycles. The minimum atomic E-state index is -0.130. The maximum Gasteiger partial charge on any atom is 0.254 e. The molecule has 0 saturated heterocycles. The Morgan fingerprint density at radius 3 is 2.57 bits per heavy atom. The second-order valence-corrected chi connectivity index (χ2v) is 10.0. The number of ketones is 1. The smallest absolute Gasteiger partial charge is 0.254 e. The van der Waals surface area contributed by atoms with Crippen LogP contribution in [0.3, 0.4) is 0 Å². The van der Waals surface area contributed by atoms with Crippen LogP contribution in [0.1, 0.15) is 72.2 Å². The number of ether oxygens (including phenoxy) is 1. The number of Topliss-reactive ketones (excluding diaryl/α,β-unsaturated/α-hetero) is 1. The zero-order valence-corrected chi connectivity index (χ0v) is 18.6. The summed E-state index contributed by atoms with van der Waals surface area (Å²) in [6.07, 6.45) is 9.08. The molecule has 0 spiro atoms. The first-order chi connectivity index (χ1) is 14.6. The number of methoxy groups -OCH3 is 1. The number of nitrogens with one attached hydrogen (secondary N) is 2. The standard InChI is InChI=1S/C23H32N2O4S/c1-29-11-5-10-24-22(28)19-17-8-2-3-9-18(17)30-23(19)25-21(27)16-12-14-6-4-7-15(13-16)20(14)26/h14-16H,2-13H2,1H3,(H,24,28)(H,25,27). The van der Waals surface area contributed by atoms with Gasteiger partial charge in [-0.25, -0.2) is 0 Å². The lowest BCUT2D eigenvalue weighted by Gasteiger charge is -2.36. The van der Waals surface area contributed by atoms with Crippen LogP contribution in [0.4, 0.5) is 5.00 Å². The van der Waals surface area contributed by atoms with Crippen molar-refractivity contribution in [1.82, 2.24) is 5.32 Å². The SMILES string of the molecule is COCCCNC(=O)c1c(NC(=O)C2CC3CCCC(C2)C3=O)sc2c1CCCC2. The highest BCUT2D eigenvalue weighted by atomic mass is 32.1. The summed E-state index contributed by atoms with van der Waals surface area (Å²) in [7, 11) is 1.65. The lowest BCUT2D eigenvalue weighted by molar-refractivity contribution is -0.136. The Hall–Kier alpha value is -1.73. The monoisotopic (exact) mass is 432 g/mol. The molecule has 1 heterocycles. The third kappa shape index (κ3) is 4.47. The maximum atomic E-state index is 13.1. The number of carbonyl (C=O) groups is 3. The fourth-order valence-corrected chi connectivity index (χ4v) is 6.60. The van der Waals surface area contributed by atoms with Crippen LogP contribution >= 0.6 is 11.3 Å². The molecule has 4 rings (SSSR count). The molecule has 2 N–H and O–H groups in total. The minimum absolute atomic E-state index is 0.0218. The van der Waals surface area contributed by atoms with E-state index in [4.69, 9.17) is 4.74 Å². The van der Waals surface area contributed by atoms with Gasteiger partial charge in [-0.15, -0.1) is 11.3 Å². The van der Waals surface area contributed by atoms with Gasteiger partial charge >= 0.3 is 0 Å². The molecule has 2 amide bonds. The zero-order valence-electron chi connectivity index (χ0n) is 17.8. The van der Waals surface area contributed by atoms with Gasteiger partial charge < -0.3 is 15.4 Å². The molecule has 30 heavy (non-hydrogen) atoms. The predicted molar refractivity (Wildman–Crippen MR) is 117 cm³/mol. The van der Waals surface area contributed by atoms with Gasteiger partial charge in [-0.05, 0) is 63.4 Å². The Morgan fingerprint density at radius 2 is 1.83 bits per heavy atom. The predicted octanol–water partition coefficient (Wildman–Crippen LogP) is 3.73. The van der Waals surface area contributed by atoms with Crippen LogP contribution in [0.25, 0.3) is 0 Å². The lowest BCUT2D eigenvalue weighted by Crippen LogP contribution is -2.40. The molecule has 0 aromatic carbocycles. The number of fused-ring (bicyclic) bond motifs is 3. The molecule has 3 aliphatic rings. The summed E-state index contributed by atoms with van der Waals surface area (Å²) in [5, 5.41) is 6.79. The van der Waals surface area contributed by atoms with Crippen LogP contribution in [-0.4, -0.2) is 37.9 Å². The van der Waals surface area contributed by atoms with Crippen molar-refractivity contribution in [2.45, 2.75) is 64.2 Å². The van der Waals surface area contributed by atoms with E-state index in [0.717, 1.165) is 56.9 Å². The van der Waals surface area contributed by atoms with Crippen molar-refractivity contribution in [2.24, 2.45) is 17.8 Å². The summed E-state index contributed by atoms with van der Waals surface area (Å²) in [5.74, 6) is 0.215. The van der Waals surface area contributed by atoms with Crippen molar-refractivity contribution >= 4 is 33.9 Å². The summed E-state index contributed by atoms with van der Waals surface area (Å²) < 4.78 is 5.06. The van der Waals surface area contributed by atoms with E-state index in [0.29, 0.717) is 42.3 Å². The second kappa shape index (κ2) is 9.60. The van der Waals surface area contributed by atoms with Gasteiger partial charge in [0.1, 0.15) is 10.8 Å². The zero-order chi connectivity index (χ0) is 21.1. The Kier molecular flexibility index (Phi) is 6.88. The summed E-state index contributed by atoms with van der Waals surface area (Å²) in [6, 6.07) is 0. The molecule has 1 aromatic rings. The van der Waals surface area contributed by atoms with Gasteiger partial charge in [-0.1, -0.05) is 6.42 Å². The van der Waals surface area contributed by atoms with Crippen LogP contribution in [-0.2, 0) is 27.2 Å². The Morgan fingerprint density at radius 1 is 1.10 bits per heavy atom. The van der Waals surface area contributed by atoms with Crippen LogP contribution in [0.5, 0.6) is 0 Å². The minimum Gasteiger partial charge on any atom is -0.385 e. The molecule has 6 nitrogen and oxygen atoms in total. The van der Waals surface area contributed by atoms with E-state index < -0.39 is 0 Å². The van der Waals surface area contributed by atoms with Crippen molar-refractivity contribution < 1.29 is 19.1 Å². The molecule has 2 bridgehead atoms. The topological polar surface area (TPSA) is 84.5 Å². The average molecular weight is 433 g/mol. The first kappa shape index (κ1) is 21.5. The number of aryl methyl sites for hydroxylation is 1. The fraction of sp³-hybridized carbons (Fsp3) is 0.696. The fourth-order valence-electron chi connectivity index (χ4n) is 5.31. The summed E-state index contributed by atoms with van der Waals surface area (Å²) in [5.41, 5.74) is 1.77. The normalized spacial score (nSPS) is 25.5. The van der Waals surface area contributed by atoms with Crippen molar-refractivity contribution in [3.05, 3.63) is 16.0 Å². The molecule has 7 heteroatoms. The van der Waals surface area contributed by atoms with Gasteiger partial charge in [-0.2, -0.15) is 0 Å². The Labute approximate surface area is 182 Å². The largest absolute Gasteiger partial charge is 0.385 e. The molecular weight excluding hydrogens is 400 g/mol. The van der Waals surface area contributed by atoms with Gasteiger partial charge in [0.05, 0.1) is 5.56 Å². The van der Waals surface area contributed by atoms with Crippen LogP contribution < -0.4 is 10.6 Å². The number of carbonyl (C=O) groups excluding carboxylic acids is 3. The third-order valence-corrected chi connectivity index (χ3v) is 8.07. The van der Waals surface area contributed by atoms with Crippen LogP contribution in [0.15, 0.2) is 0 Å². The number of hydrogen-bond donors (Lipinski definition) is 2. The highest BCUT2D eigenvalue weighted by Crippen LogP contribution is 2.42. The summed E-state index contributed by atoms with van der Waals surface area (Å²) >= 11 is 1.56. The van der Waals surface area contributed by atoms with Crippen molar-refractivity contribution in [3.63, 3.8) is 0 Å². The van der Waals surface area contributed by atoms with E-state index in [-0.39, 0.29) is 29.6 Å². The average Bonchev–Trinajstić information content (AvgIpc) is 3.08. The Balaban J connectivity index is 1.49. The van der Waals surface area contributed by atoms with E-state index in [1.807, 2.05) is 0 Å². The van der Waals surface area contributed by atoms with E-state index in [1.54, 1.807) is 18.4 Å². The highest BCUT2D eigenvalue weighted by Gasteiger charge is 2.41. The number of amides is 2. The molecule has 164 valence electrons. The summed E-state index contributed by atoms with van der Waals surface area (Å²) in [4.78, 5) is 39.7. The van der Waals surface area contributed by atoms with Gasteiger partial charge in [0.15, 0.2) is 0 Å². The highest BCUT2D eigenvalue weighted by molar-refractivity contribution is 7.17. The van der Waals surface area contributed by atoms with E-state index in [2.05, 4.69) is 10.6 Å². The molecule has 0 aliphatic heterocycles. The molecule has 1 aromatic heterocycles. The molecule has 3 aliphatic carbocycles. The number of rotatable bonds is 7. The maximum absolute atomic E-state index is 13.1. The third-order valence-electron chi connectivity index (χ3n) is 6.86. The van der Waals surface area contributed by atoms with Crippen molar-refractivity contribution in [2.75, 3.05) is 25.6 Å². The van der Waals surface area contributed by atoms with E-state index >= 15 is 0 Å². The summed E-state index contributed by atoms with van der Waals surface area (Å²) in [6.45, 7) is 1.16. The van der Waals surface area contributed by atoms with Crippen molar-refractivity contribution in [1.29, 1.82) is 0 Å². The lowest BCUT2D eigenvalue weighted by atomic mass is 9.67. The van der Waals surface area contributed by atoms with Crippen LogP contribution in [0, 0.1) is 17.8 Å². The first-order valence-electron chi connectivity index (χ1n) is 11.3. The number of hydrogen-bond acceptors (Lipinski definition) is 5. The van der Waals surface area contributed by atoms with E-state index in [1.165, 1.54) is 4.88 Å². The quantitative estimate of drug-likeness (QED) is 0.643. The molecule has 2 unspecified atom stereocenters. The van der Waals surface area contributed by atoms with Gasteiger partial charge in [0, 0.05) is 42.9 Å². The molecule has 0 radical (unpaired) electrons. The first-order valence-corrected chi connectivity index (χ1v) is 12.2. The number of thiophene rings is 1.